The van der Waals surface area contributed by atoms with E-state index in [-0.39, 0.29) is 36.8 Å². The second kappa shape index (κ2) is 10.8. The lowest BCUT2D eigenvalue weighted by molar-refractivity contribution is -0.136. The first-order valence-corrected chi connectivity index (χ1v) is 10.5. The SMILES string of the molecule is CNCCC1CN(Cc2ccc(F)cc2)C(=O)c2c(CC(=O)O)c(=O)n(C(C)C)c(=O)n21.Cl. The zero-order valence-electron chi connectivity index (χ0n) is 18.7. The van der Waals surface area contributed by atoms with Gasteiger partial charge in [0.25, 0.3) is 11.5 Å². The third kappa shape index (κ3) is 5.33. The molecule has 0 saturated heterocycles. The highest BCUT2D eigenvalue weighted by atomic mass is 35.5. The highest BCUT2D eigenvalue weighted by molar-refractivity contribution is 5.95. The summed E-state index contributed by atoms with van der Waals surface area (Å²) in [6, 6.07) is 4.73. The smallest absolute Gasteiger partial charge is 0.332 e. The number of nitrogens with one attached hydrogen (secondary N) is 1. The van der Waals surface area contributed by atoms with Gasteiger partial charge < -0.3 is 15.3 Å². The van der Waals surface area contributed by atoms with Crippen LogP contribution in [0.3, 0.4) is 0 Å². The third-order valence-corrected chi connectivity index (χ3v) is 5.56. The molecular weight excluding hydrogens is 455 g/mol. The van der Waals surface area contributed by atoms with E-state index in [2.05, 4.69) is 5.32 Å². The van der Waals surface area contributed by atoms with Crippen molar-refractivity contribution in [3.63, 3.8) is 0 Å². The Hall–Kier alpha value is -2.98. The number of carboxylic acid groups (broad SMARTS) is 1. The highest BCUT2D eigenvalue weighted by Gasteiger charge is 2.37. The largest absolute Gasteiger partial charge is 0.481 e. The molecule has 33 heavy (non-hydrogen) atoms. The van der Waals surface area contributed by atoms with Gasteiger partial charge in [-0.25, -0.2) is 9.18 Å². The Morgan fingerprint density at radius 2 is 1.85 bits per heavy atom. The molecule has 0 saturated carbocycles. The first-order valence-electron chi connectivity index (χ1n) is 10.5. The molecule has 1 aliphatic rings. The number of amides is 1. The molecule has 1 amide bonds. The molecule has 9 nitrogen and oxygen atoms in total. The fourth-order valence-electron chi connectivity index (χ4n) is 4.07. The molecule has 1 unspecified atom stereocenters. The van der Waals surface area contributed by atoms with Crippen LogP contribution in [-0.4, -0.2) is 51.2 Å². The van der Waals surface area contributed by atoms with Crippen LogP contribution in [0, 0.1) is 5.82 Å². The molecule has 1 aliphatic heterocycles. The molecule has 0 fully saturated rings. The summed E-state index contributed by atoms with van der Waals surface area (Å²) in [5, 5.41) is 12.4. The van der Waals surface area contributed by atoms with Gasteiger partial charge in [0.15, 0.2) is 0 Å². The van der Waals surface area contributed by atoms with E-state index in [4.69, 9.17) is 0 Å². The quantitative estimate of drug-likeness (QED) is 0.590. The third-order valence-electron chi connectivity index (χ3n) is 5.56. The van der Waals surface area contributed by atoms with Crippen molar-refractivity contribution in [2.24, 2.45) is 0 Å². The molecule has 2 N–H and O–H groups in total. The second-order valence-electron chi connectivity index (χ2n) is 8.18. The Morgan fingerprint density at radius 1 is 1.21 bits per heavy atom. The number of fused-ring (bicyclic) bond motifs is 1. The molecule has 1 aromatic heterocycles. The minimum absolute atomic E-state index is 0. The van der Waals surface area contributed by atoms with Gasteiger partial charge in [-0.3, -0.25) is 23.5 Å². The van der Waals surface area contributed by atoms with Crippen LogP contribution in [0.1, 0.15) is 54.0 Å². The summed E-state index contributed by atoms with van der Waals surface area (Å²) in [6.07, 6.45) is -0.185. The highest BCUT2D eigenvalue weighted by Crippen LogP contribution is 2.25. The lowest BCUT2D eigenvalue weighted by atomic mass is 10.0. The summed E-state index contributed by atoms with van der Waals surface area (Å²) in [5.41, 5.74) is -1.07. The van der Waals surface area contributed by atoms with Crippen molar-refractivity contribution < 1.29 is 19.1 Å². The van der Waals surface area contributed by atoms with Crippen LogP contribution in [-0.2, 0) is 17.8 Å². The number of halogens is 2. The Morgan fingerprint density at radius 3 is 2.39 bits per heavy atom. The maximum absolute atomic E-state index is 13.4. The molecule has 0 spiro atoms. The van der Waals surface area contributed by atoms with E-state index >= 15 is 0 Å². The van der Waals surface area contributed by atoms with Crippen molar-refractivity contribution in [2.75, 3.05) is 20.1 Å². The number of rotatable bonds is 8. The van der Waals surface area contributed by atoms with E-state index < -0.39 is 47.4 Å². The Labute approximate surface area is 196 Å². The second-order valence-corrected chi connectivity index (χ2v) is 8.18. The predicted molar refractivity (Wildman–Crippen MR) is 123 cm³/mol. The summed E-state index contributed by atoms with van der Waals surface area (Å²) in [5.74, 6) is -2.26. The average Bonchev–Trinajstić information content (AvgIpc) is 2.72. The summed E-state index contributed by atoms with van der Waals surface area (Å²) >= 11 is 0. The molecular formula is C22H28ClFN4O5. The fraction of sp³-hybridized carbons (Fsp3) is 0.455. The number of hydrogen-bond donors (Lipinski definition) is 2. The molecule has 180 valence electrons. The number of benzene rings is 1. The zero-order valence-corrected chi connectivity index (χ0v) is 19.5. The number of aliphatic carboxylic acids is 1. The number of carbonyl (C=O) groups is 2. The van der Waals surface area contributed by atoms with E-state index in [1.165, 1.54) is 21.6 Å². The van der Waals surface area contributed by atoms with Gasteiger partial charge in [-0.1, -0.05) is 12.1 Å². The number of carbonyl (C=O) groups excluding carboxylic acids is 1. The minimum Gasteiger partial charge on any atom is -0.481 e. The van der Waals surface area contributed by atoms with Crippen LogP contribution >= 0.6 is 12.4 Å². The number of aromatic nitrogens is 2. The van der Waals surface area contributed by atoms with Crippen molar-refractivity contribution in [1.29, 1.82) is 0 Å². The first-order chi connectivity index (χ1) is 15.1. The van der Waals surface area contributed by atoms with E-state index in [1.807, 2.05) is 0 Å². The molecule has 1 atom stereocenters. The van der Waals surface area contributed by atoms with Crippen molar-refractivity contribution >= 4 is 24.3 Å². The van der Waals surface area contributed by atoms with Crippen molar-refractivity contribution in [3.8, 4) is 0 Å². The van der Waals surface area contributed by atoms with Gasteiger partial charge in [0.2, 0.25) is 0 Å². The maximum atomic E-state index is 13.4. The minimum atomic E-state index is -1.27. The lowest BCUT2D eigenvalue weighted by Crippen LogP contribution is -2.54. The number of carboxylic acids is 1. The lowest BCUT2D eigenvalue weighted by Gasteiger charge is -2.37. The molecule has 0 radical (unpaired) electrons. The van der Waals surface area contributed by atoms with Crippen LogP contribution in [0.25, 0.3) is 0 Å². The molecule has 2 aromatic rings. The molecule has 11 heteroatoms. The number of hydrogen-bond acceptors (Lipinski definition) is 5. The van der Waals surface area contributed by atoms with Crippen molar-refractivity contribution in [2.45, 2.75) is 45.3 Å². The van der Waals surface area contributed by atoms with Gasteiger partial charge in [-0.15, -0.1) is 12.4 Å². The number of nitrogens with zero attached hydrogens (tertiary/aromatic N) is 3. The van der Waals surface area contributed by atoms with Crippen LogP contribution in [0.15, 0.2) is 33.9 Å². The predicted octanol–water partition coefficient (Wildman–Crippen LogP) is 1.59. The van der Waals surface area contributed by atoms with Crippen LogP contribution in [0.5, 0.6) is 0 Å². The summed E-state index contributed by atoms with van der Waals surface area (Å²) in [4.78, 5) is 52.8. The van der Waals surface area contributed by atoms with Crippen molar-refractivity contribution in [3.05, 3.63) is 67.7 Å². The fourth-order valence-corrected chi connectivity index (χ4v) is 4.07. The molecule has 3 rings (SSSR count). The van der Waals surface area contributed by atoms with E-state index in [0.717, 1.165) is 4.57 Å². The Kier molecular flexibility index (Phi) is 8.57. The Balaban J connectivity index is 0.00000385. The van der Waals surface area contributed by atoms with Gasteiger partial charge >= 0.3 is 11.7 Å². The van der Waals surface area contributed by atoms with Gasteiger partial charge in [0.1, 0.15) is 11.5 Å². The van der Waals surface area contributed by atoms with Gasteiger partial charge in [0, 0.05) is 19.1 Å². The Bertz CT molecular complexity index is 1140. The first kappa shape index (κ1) is 26.3. The van der Waals surface area contributed by atoms with Gasteiger partial charge in [0.05, 0.1) is 18.0 Å². The summed E-state index contributed by atoms with van der Waals surface area (Å²) in [6.45, 7) is 4.21. The van der Waals surface area contributed by atoms with Gasteiger partial charge in [-0.05, 0) is 51.6 Å². The summed E-state index contributed by atoms with van der Waals surface area (Å²) < 4.78 is 15.6. The van der Waals surface area contributed by atoms with E-state index in [1.54, 1.807) is 33.0 Å². The molecule has 0 aliphatic carbocycles. The average molecular weight is 483 g/mol. The molecule has 2 heterocycles. The van der Waals surface area contributed by atoms with Gasteiger partial charge in [-0.2, -0.15) is 0 Å². The maximum Gasteiger partial charge on any atom is 0.332 e. The summed E-state index contributed by atoms with van der Waals surface area (Å²) in [7, 11) is 1.76. The topological polar surface area (TPSA) is 114 Å². The standard InChI is InChI=1S/C22H27FN4O5.ClH/c1-13(2)26-20(30)17(10-18(28)29)19-21(31)25(11-14-4-6-15(23)7-5-14)12-16(8-9-24-3)27(19)22(26)32;/h4-7,13,16,24H,8-12H2,1-3H3,(H,28,29);1H. The molecule has 1 aromatic carbocycles. The zero-order chi connectivity index (χ0) is 23.6. The van der Waals surface area contributed by atoms with Crippen LogP contribution < -0.4 is 16.6 Å². The van der Waals surface area contributed by atoms with E-state index in [9.17, 15) is 28.7 Å². The monoisotopic (exact) mass is 482 g/mol. The normalized spacial score (nSPS) is 15.4. The van der Waals surface area contributed by atoms with Crippen molar-refractivity contribution in [1.82, 2.24) is 19.4 Å². The molecule has 0 bridgehead atoms. The van der Waals surface area contributed by atoms with Crippen LogP contribution in [0.2, 0.25) is 0 Å². The van der Waals surface area contributed by atoms with Crippen LogP contribution in [0.4, 0.5) is 4.39 Å². The van der Waals surface area contributed by atoms with E-state index in [0.29, 0.717) is 18.5 Å².